The molecule has 0 saturated carbocycles. The summed E-state index contributed by atoms with van der Waals surface area (Å²) in [5.41, 5.74) is 1.35. The summed E-state index contributed by atoms with van der Waals surface area (Å²) in [7, 11) is 0. The monoisotopic (exact) mass is 331 g/mol. The number of fused-ring (bicyclic) bond motifs is 1. The van der Waals surface area contributed by atoms with Crippen LogP contribution in [0.2, 0.25) is 0 Å². The molecule has 1 N–H and O–H groups in total. The van der Waals surface area contributed by atoms with Crippen molar-refractivity contribution in [3.8, 4) is 11.4 Å². The van der Waals surface area contributed by atoms with Gasteiger partial charge < -0.3 is 4.90 Å². The van der Waals surface area contributed by atoms with Gasteiger partial charge in [-0.2, -0.15) is 5.10 Å². The van der Waals surface area contributed by atoms with Crippen LogP contribution >= 0.6 is 0 Å². The zero-order valence-corrected chi connectivity index (χ0v) is 12.7. The normalized spacial score (nSPS) is 15.4. The van der Waals surface area contributed by atoms with E-state index in [4.69, 9.17) is 0 Å². The Morgan fingerprint density at radius 3 is 2.88 bits per heavy atom. The lowest BCUT2D eigenvalue weighted by molar-refractivity contribution is 0.144. The highest BCUT2D eigenvalue weighted by atomic mass is 19.3. The molecule has 24 heavy (non-hydrogen) atoms. The van der Waals surface area contributed by atoms with Crippen LogP contribution in [-0.4, -0.2) is 44.3 Å². The van der Waals surface area contributed by atoms with Crippen molar-refractivity contribution in [1.82, 2.24) is 29.9 Å². The predicted octanol–water partition coefficient (Wildman–Crippen LogP) is 1.88. The van der Waals surface area contributed by atoms with Crippen LogP contribution in [0.15, 0.2) is 30.7 Å². The number of anilines is 1. The third-order valence-electron chi connectivity index (χ3n) is 3.93. The zero-order valence-electron chi connectivity index (χ0n) is 12.7. The number of aromatic nitrogens is 5. The molecule has 1 fully saturated rings. The predicted molar refractivity (Wildman–Crippen MR) is 83.8 cm³/mol. The molecule has 9 heteroatoms. The van der Waals surface area contributed by atoms with Gasteiger partial charge in [0.15, 0.2) is 5.65 Å². The number of hydrogen-bond donors (Lipinski definition) is 1. The Hall–Kier alpha value is -2.68. The minimum Gasteiger partial charge on any atom is -0.344 e. The smallest absolute Gasteiger partial charge is 0.282 e. The number of imidazole rings is 1. The van der Waals surface area contributed by atoms with Gasteiger partial charge >= 0.3 is 0 Å². The Labute approximate surface area is 136 Å². The van der Waals surface area contributed by atoms with E-state index in [9.17, 15) is 8.78 Å². The summed E-state index contributed by atoms with van der Waals surface area (Å²) in [4.78, 5) is 14.9. The van der Waals surface area contributed by atoms with Crippen molar-refractivity contribution in [1.29, 1.82) is 0 Å². The topological polar surface area (TPSA) is 71.2 Å². The second kappa shape index (κ2) is 6.08. The van der Waals surface area contributed by atoms with Gasteiger partial charge in [-0.3, -0.25) is 5.32 Å². The summed E-state index contributed by atoms with van der Waals surface area (Å²) in [6.45, 7) is 2.61. The average molecular weight is 331 g/mol. The molecule has 3 aromatic rings. The molecule has 4 rings (SSSR count). The molecule has 7 nitrogen and oxygen atoms in total. The molecule has 0 aliphatic carbocycles. The molecule has 4 heterocycles. The molecule has 0 aromatic carbocycles. The molecular formula is C15H15F2N7. The van der Waals surface area contributed by atoms with Crippen molar-refractivity contribution in [2.75, 3.05) is 24.7 Å². The molecule has 0 bridgehead atoms. The Morgan fingerprint density at radius 1 is 1.17 bits per heavy atom. The lowest BCUT2D eigenvalue weighted by Crippen LogP contribution is -2.42. The van der Waals surface area contributed by atoms with Crippen LogP contribution in [0.5, 0.6) is 0 Å². The number of hydrogen-bond acceptors (Lipinski definition) is 6. The molecule has 124 valence electrons. The van der Waals surface area contributed by atoms with Crippen LogP contribution in [0.25, 0.3) is 17.0 Å². The highest BCUT2D eigenvalue weighted by Gasteiger charge is 2.16. The molecule has 0 atom stereocenters. The first-order valence-electron chi connectivity index (χ1n) is 7.63. The van der Waals surface area contributed by atoms with Crippen molar-refractivity contribution < 1.29 is 8.78 Å². The van der Waals surface area contributed by atoms with Gasteiger partial charge in [-0.05, 0) is 25.1 Å². The van der Waals surface area contributed by atoms with Crippen molar-refractivity contribution in [2.45, 2.75) is 12.8 Å². The van der Waals surface area contributed by atoms with E-state index in [0.29, 0.717) is 17.0 Å². The molecule has 1 aliphatic heterocycles. The first kappa shape index (κ1) is 14.9. The van der Waals surface area contributed by atoms with Crippen molar-refractivity contribution in [3.63, 3.8) is 0 Å². The number of nitrogens with one attached hydrogen (secondary N) is 1. The first-order chi connectivity index (χ1) is 11.7. The lowest BCUT2D eigenvalue weighted by Gasteiger charge is -2.28. The van der Waals surface area contributed by atoms with E-state index in [0.717, 1.165) is 32.0 Å². The van der Waals surface area contributed by atoms with Gasteiger partial charge in [0.2, 0.25) is 0 Å². The maximum atomic E-state index is 12.9. The summed E-state index contributed by atoms with van der Waals surface area (Å²) >= 11 is 0. The van der Waals surface area contributed by atoms with Crippen LogP contribution in [0.1, 0.15) is 18.5 Å². The number of halogens is 2. The van der Waals surface area contributed by atoms with E-state index in [2.05, 4.69) is 30.3 Å². The Balaban J connectivity index is 1.75. The van der Waals surface area contributed by atoms with Crippen LogP contribution in [0.3, 0.4) is 0 Å². The fourth-order valence-corrected chi connectivity index (χ4v) is 2.72. The molecule has 1 saturated heterocycles. The minimum atomic E-state index is -2.63. The zero-order chi connectivity index (χ0) is 16.5. The maximum absolute atomic E-state index is 12.9. The Bertz CT molecular complexity index is 858. The van der Waals surface area contributed by atoms with Gasteiger partial charge in [-0.1, -0.05) is 0 Å². The molecule has 1 aliphatic rings. The summed E-state index contributed by atoms with van der Waals surface area (Å²) in [6.07, 6.45) is 1.45. The second-order valence-electron chi connectivity index (χ2n) is 5.51. The molecule has 0 amide bonds. The fraction of sp³-hybridized carbons (Fsp3) is 0.333. The van der Waals surface area contributed by atoms with E-state index >= 15 is 0 Å². The maximum Gasteiger partial charge on any atom is 0.282 e. The summed E-state index contributed by atoms with van der Waals surface area (Å²) in [5, 5.41) is 7.26. The fourth-order valence-electron chi connectivity index (χ4n) is 2.72. The number of nitrogens with zero attached hydrogens (tertiary/aromatic N) is 6. The largest absolute Gasteiger partial charge is 0.344 e. The molecule has 0 spiro atoms. The highest BCUT2D eigenvalue weighted by molar-refractivity contribution is 5.62. The minimum absolute atomic E-state index is 0.295. The number of alkyl halides is 2. The van der Waals surface area contributed by atoms with Gasteiger partial charge in [0, 0.05) is 12.6 Å². The van der Waals surface area contributed by atoms with Crippen LogP contribution in [0, 0.1) is 0 Å². The van der Waals surface area contributed by atoms with E-state index in [1.54, 1.807) is 6.20 Å². The standard InChI is InChI=1S/C15H15F2N7/c16-15(17)10-2-3-13-19-7-12(24(13)22-10)11-6-14(21-8-20-11)23-5-1-4-18-9-23/h2-3,6-8,15,18H,1,4-5,9H2. The van der Waals surface area contributed by atoms with E-state index in [1.807, 2.05) is 6.07 Å². The van der Waals surface area contributed by atoms with Gasteiger partial charge in [-0.15, -0.1) is 0 Å². The first-order valence-corrected chi connectivity index (χ1v) is 7.63. The summed E-state index contributed by atoms with van der Waals surface area (Å²) in [6, 6.07) is 4.63. The lowest BCUT2D eigenvalue weighted by atomic mass is 10.3. The molecule has 0 radical (unpaired) electrons. The van der Waals surface area contributed by atoms with Crippen LogP contribution in [-0.2, 0) is 0 Å². The molecule has 0 unspecified atom stereocenters. The molecular weight excluding hydrogens is 316 g/mol. The van der Waals surface area contributed by atoms with Crippen molar-refractivity contribution in [3.05, 3.63) is 36.4 Å². The van der Waals surface area contributed by atoms with Crippen LogP contribution < -0.4 is 10.2 Å². The van der Waals surface area contributed by atoms with Gasteiger partial charge in [0.05, 0.1) is 18.6 Å². The van der Waals surface area contributed by atoms with Gasteiger partial charge in [0.25, 0.3) is 6.43 Å². The quantitative estimate of drug-likeness (QED) is 0.790. The SMILES string of the molecule is FC(F)c1ccc2ncc(-c3cc(N4CCCNC4)ncn3)n2n1. The van der Waals surface area contributed by atoms with Crippen LogP contribution in [0.4, 0.5) is 14.6 Å². The van der Waals surface area contributed by atoms with Crippen molar-refractivity contribution >= 4 is 11.5 Å². The van der Waals surface area contributed by atoms with E-state index in [1.165, 1.54) is 23.0 Å². The third-order valence-corrected chi connectivity index (χ3v) is 3.93. The molecule has 3 aromatic heterocycles. The van der Waals surface area contributed by atoms with E-state index < -0.39 is 6.43 Å². The average Bonchev–Trinajstić information content (AvgIpc) is 3.05. The Kier molecular flexibility index (Phi) is 3.77. The number of rotatable bonds is 3. The second-order valence-corrected chi connectivity index (χ2v) is 5.51. The van der Waals surface area contributed by atoms with Crippen molar-refractivity contribution in [2.24, 2.45) is 0 Å². The Morgan fingerprint density at radius 2 is 2.08 bits per heavy atom. The van der Waals surface area contributed by atoms with Gasteiger partial charge in [0.1, 0.15) is 23.5 Å². The van der Waals surface area contributed by atoms with Gasteiger partial charge in [-0.25, -0.2) is 28.2 Å². The third kappa shape index (κ3) is 2.67. The highest BCUT2D eigenvalue weighted by Crippen LogP contribution is 2.23. The summed E-state index contributed by atoms with van der Waals surface area (Å²) < 4.78 is 27.2. The van der Waals surface area contributed by atoms with E-state index in [-0.39, 0.29) is 5.69 Å². The summed E-state index contributed by atoms with van der Waals surface area (Å²) in [5.74, 6) is 0.784.